The van der Waals surface area contributed by atoms with Crippen molar-refractivity contribution in [3.8, 4) is 11.3 Å². The Morgan fingerprint density at radius 2 is 2.05 bits per heavy atom. The highest BCUT2D eigenvalue weighted by atomic mass is 79.9. The fourth-order valence-electron chi connectivity index (χ4n) is 2.70. The van der Waals surface area contributed by atoms with Gasteiger partial charge in [-0.25, -0.2) is 4.68 Å². The summed E-state index contributed by atoms with van der Waals surface area (Å²) in [5.41, 5.74) is 1.71. The highest BCUT2D eigenvalue weighted by Gasteiger charge is 2.24. The van der Waals surface area contributed by atoms with Crippen LogP contribution in [0.3, 0.4) is 0 Å². The van der Waals surface area contributed by atoms with E-state index in [1.807, 2.05) is 16.9 Å². The smallest absolute Gasteiger partial charge is 0.114 e. The van der Waals surface area contributed by atoms with Gasteiger partial charge in [0.2, 0.25) is 0 Å². The molecule has 2 aromatic rings. The molecule has 0 saturated heterocycles. The van der Waals surface area contributed by atoms with E-state index in [-0.39, 0.29) is 12.1 Å². The molecular weight excluding hydrogens is 320 g/mol. The van der Waals surface area contributed by atoms with E-state index in [4.69, 9.17) is 0 Å². The highest BCUT2D eigenvalue weighted by Crippen LogP contribution is 2.28. The third-order valence-corrected chi connectivity index (χ3v) is 4.23. The van der Waals surface area contributed by atoms with Crippen molar-refractivity contribution < 1.29 is 5.11 Å². The first kappa shape index (κ1) is 13.7. The molecule has 0 radical (unpaired) electrons. The number of pyridine rings is 1. The molecule has 1 aliphatic carbocycles. The van der Waals surface area contributed by atoms with Crippen molar-refractivity contribution in [1.82, 2.24) is 20.0 Å². The molecule has 1 saturated carbocycles. The van der Waals surface area contributed by atoms with E-state index < -0.39 is 0 Å². The molecular formula is C14H17BrN4O. The minimum atomic E-state index is -0.326. The molecule has 5 nitrogen and oxygen atoms in total. The number of nitrogens with zero attached hydrogens (tertiary/aromatic N) is 4. The van der Waals surface area contributed by atoms with E-state index in [2.05, 4.69) is 31.2 Å². The first-order valence-electron chi connectivity index (χ1n) is 6.95. The van der Waals surface area contributed by atoms with Gasteiger partial charge in [0, 0.05) is 22.4 Å². The average molecular weight is 337 g/mol. The van der Waals surface area contributed by atoms with Gasteiger partial charge in [0.25, 0.3) is 0 Å². The molecule has 0 aliphatic heterocycles. The van der Waals surface area contributed by atoms with Gasteiger partial charge in [0.1, 0.15) is 5.69 Å². The SMILES string of the molecule is O[C@@H]1CCCCC[C@H]1n1cc(-c2cncc(Br)c2)nn1. The zero-order valence-electron chi connectivity index (χ0n) is 11.1. The van der Waals surface area contributed by atoms with Gasteiger partial charge in [-0.05, 0) is 34.8 Å². The van der Waals surface area contributed by atoms with Crippen LogP contribution in [-0.2, 0) is 0 Å². The number of hydrogen-bond donors (Lipinski definition) is 1. The number of rotatable bonds is 2. The van der Waals surface area contributed by atoms with Crippen LogP contribution in [0.15, 0.2) is 29.1 Å². The molecule has 6 heteroatoms. The zero-order valence-corrected chi connectivity index (χ0v) is 12.7. The van der Waals surface area contributed by atoms with Crippen molar-refractivity contribution in [2.45, 2.75) is 44.2 Å². The van der Waals surface area contributed by atoms with Crippen molar-refractivity contribution >= 4 is 15.9 Å². The summed E-state index contributed by atoms with van der Waals surface area (Å²) in [5, 5.41) is 18.6. The Labute approximate surface area is 126 Å². The summed E-state index contributed by atoms with van der Waals surface area (Å²) in [6, 6.07) is 2.00. The molecule has 3 rings (SSSR count). The molecule has 0 bridgehead atoms. The standard InChI is InChI=1S/C14H17BrN4O/c15-11-6-10(7-16-8-11)12-9-19(18-17-12)13-4-2-1-3-5-14(13)20/h6-9,13-14,20H,1-5H2/t13-,14-/m1/s1. The van der Waals surface area contributed by atoms with Crippen LogP contribution in [0.4, 0.5) is 0 Å². The fraction of sp³-hybridized carbons (Fsp3) is 0.500. The molecule has 1 N–H and O–H groups in total. The number of aliphatic hydroxyl groups is 1. The minimum absolute atomic E-state index is 0.0406. The normalized spacial score (nSPS) is 23.5. The van der Waals surface area contributed by atoms with Gasteiger partial charge in [-0.3, -0.25) is 4.98 Å². The fourth-order valence-corrected chi connectivity index (χ4v) is 3.06. The quantitative estimate of drug-likeness (QED) is 0.856. The molecule has 0 spiro atoms. The summed E-state index contributed by atoms with van der Waals surface area (Å²) >= 11 is 3.41. The van der Waals surface area contributed by atoms with Crippen molar-refractivity contribution in [3.05, 3.63) is 29.1 Å². The largest absolute Gasteiger partial charge is 0.391 e. The summed E-state index contributed by atoms with van der Waals surface area (Å²) in [4.78, 5) is 4.14. The van der Waals surface area contributed by atoms with Gasteiger partial charge >= 0.3 is 0 Å². The maximum Gasteiger partial charge on any atom is 0.114 e. The second-order valence-corrected chi connectivity index (χ2v) is 6.16. The predicted octanol–water partition coefficient (Wildman–Crippen LogP) is 2.97. The summed E-state index contributed by atoms with van der Waals surface area (Å²) in [7, 11) is 0. The Balaban J connectivity index is 1.86. The van der Waals surface area contributed by atoms with E-state index >= 15 is 0 Å². The van der Waals surface area contributed by atoms with Crippen LogP contribution in [0.5, 0.6) is 0 Å². The summed E-state index contributed by atoms with van der Waals surface area (Å²) in [6.45, 7) is 0. The Kier molecular flexibility index (Phi) is 4.12. The third kappa shape index (κ3) is 2.91. The molecule has 0 unspecified atom stereocenters. The van der Waals surface area contributed by atoms with Crippen molar-refractivity contribution in [2.75, 3.05) is 0 Å². The second-order valence-electron chi connectivity index (χ2n) is 5.25. The highest BCUT2D eigenvalue weighted by molar-refractivity contribution is 9.10. The van der Waals surface area contributed by atoms with Gasteiger partial charge in [-0.2, -0.15) is 0 Å². The minimum Gasteiger partial charge on any atom is -0.391 e. The first-order valence-corrected chi connectivity index (χ1v) is 7.74. The van der Waals surface area contributed by atoms with Gasteiger partial charge < -0.3 is 5.11 Å². The topological polar surface area (TPSA) is 63.8 Å². The lowest BCUT2D eigenvalue weighted by Crippen LogP contribution is -2.23. The maximum absolute atomic E-state index is 10.2. The molecule has 1 aliphatic rings. The van der Waals surface area contributed by atoms with Crippen LogP contribution in [-0.4, -0.2) is 31.2 Å². The van der Waals surface area contributed by atoms with Gasteiger partial charge in [-0.1, -0.05) is 24.5 Å². The predicted molar refractivity (Wildman–Crippen MR) is 79.1 cm³/mol. The van der Waals surface area contributed by atoms with Crippen molar-refractivity contribution in [1.29, 1.82) is 0 Å². The lowest BCUT2D eigenvalue weighted by Gasteiger charge is -2.19. The Bertz CT molecular complexity index is 586. The van der Waals surface area contributed by atoms with Crippen LogP contribution in [0.1, 0.15) is 38.1 Å². The molecule has 2 aromatic heterocycles. The lowest BCUT2D eigenvalue weighted by atomic mass is 10.1. The van der Waals surface area contributed by atoms with E-state index in [1.165, 1.54) is 6.42 Å². The van der Waals surface area contributed by atoms with Crippen LogP contribution in [0.25, 0.3) is 11.3 Å². The van der Waals surface area contributed by atoms with Crippen LogP contribution >= 0.6 is 15.9 Å². The van der Waals surface area contributed by atoms with Crippen molar-refractivity contribution in [3.63, 3.8) is 0 Å². The van der Waals surface area contributed by atoms with E-state index in [0.29, 0.717) is 0 Å². The van der Waals surface area contributed by atoms with Crippen LogP contribution < -0.4 is 0 Å². The molecule has 20 heavy (non-hydrogen) atoms. The van der Waals surface area contributed by atoms with Crippen molar-refractivity contribution in [2.24, 2.45) is 0 Å². The Morgan fingerprint density at radius 3 is 2.90 bits per heavy atom. The summed E-state index contributed by atoms with van der Waals surface area (Å²) in [5.74, 6) is 0. The molecule has 2 heterocycles. The summed E-state index contributed by atoms with van der Waals surface area (Å²) in [6.07, 6.45) is 10.3. The van der Waals surface area contributed by atoms with E-state index in [9.17, 15) is 5.11 Å². The number of aromatic nitrogens is 4. The number of halogens is 1. The molecule has 1 fully saturated rings. The maximum atomic E-state index is 10.2. The monoisotopic (exact) mass is 336 g/mol. The van der Waals surface area contributed by atoms with E-state index in [0.717, 1.165) is 41.4 Å². The van der Waals surface area contributed by atoms with Gasteiger partial charge in [0.15, 0.2) is 0 Å². The second kappa shape index (κ2) is 6.01. The number of hydrogen-bond acceptors (Lipinski definition) is 4. The molecule has 0 amide bonds. The van der Waals surface area contributed by atoms with Gasteiger partial charge in [0.05, 0.1) is 18.3 Å². The molecule has 106 valence electrons. The van der Waals surface area contributed by atoms with Crippen LogP contribution in [0.2, 0.25) is 0 Å². The zero-order chi connectivity index (χ0) is 13.9. The van der Waals surface area contributed by atoms with E-state index in [1.54, 1.807) is 12.4 Å². The first-order chi connectivity index (χ1) is 9.74. The van der Waals surface area contributed by atoms with Gasteiger partial charge in [-0.15, -0.1) is 5.10 Å². The Morgan fingerprint density at radius 1 is 1.20 bits per heavy atom. The molecule has 0 aromatic carbocycles. The third-order valence-electron chi connectivity index (χ3n) is 3.79. The molecule has 2 atom stereocenters. The number of aliphatic hydroxyl groups excluding tert-OH is 1. The Hall–Kier alpha value is -1.27. The van der Waals surface area contributed by atoms with Crippen LogP contribution in [0, 0.1) is 0 Å². The summed E-state index contributed by atoms with van der Waals surface area (Å²) < 4.78 is 2.73. The average Bonchev–Trinajstić information content (AvgIpc) is 2.82. The lowest BCUT2D eigenvalue weighted by molar-refractivity contribution is 0.0980.